The van der Waals surface area contributed by atoms with E-state index >= 15 is 0 Å². The Morgan fingerprint density at radius 1 is 1.31 bits per heavy atom. The number of likely N-dealkylation sites (tertiary alicyclic amines) is 1. The number of ether oxygens (including phenoxy) is 1. The lowest BCUT2D eigenvalue weighted by atomic mass is 10.1. The van der Waals surface area contributed by atoms with Gasteiger partial charge >= 0.3 is 5.97 Å². The first kappa shape index (κ1) is 18.7. The fourth-order valence-corrected chi connectivity index (χ4v) is 4.00. The number of hydrogen-bond donors (Lipinski definition) is 1. The van der Waals surface area contributed by atoms with Gasteiger partial charge in [-0.1, -0.05) is 12.1 Å². The van der Waals surface area contributed by atoms with Crippen LogP contribution in [-0.4, -0.2) is 65.6 Å². The largest absolute Gasteiger partial charge is 0.493 e. The van der Waals surface area contributed by atoms with E-state index in [1.807, 2.05) is 0 Å². The Balaban J connectivity index is 1.52. The van der Waals surface area contributed by atoms with Gasteiger partial charge in [-0.15, -0.1) is 0 Å². The summed E-state index contributed by atoms with van der Waals surface area (Å²) in [6.07, 6.45) is 4.71. The molecular weight excluding hydrogens is 332 g/mol. The van der Waals surface area contributed by atoms with Crippen LogP contribution in [0.2, 0.25) is 0 Å². The zero-order chi connectivity index (χ0) is 18.5. The fraction of sp³-hybridized carbons (Fsp3) is 0.600. The van der Waals surface area contributed by atoms with Crippen LogP contribution in [0.5, 0.6) is 5.75 Å². The van der Waals surface area contributed by atoms with Crippen LogP contribution in [0, 0.1) is 0 Å². The molecule has 26 heavy (non-hydrogen) atoms. The number of hydrogen-bond acceptors (Lipinski definition) is 4. The van der Waals surface area contributed by atoms with Gasteiger partial charge in [-0.3, -0.25) is 9.59 Å². The van der Waals surface area contributed by atoms with E-state index in [1.165, 1.54) is 23.0 Å². The molecule has 1 aromatic carbocycles. The second-order valence-electron chi connectivity index (χ2n) is 7.26. The summed E-state index contributed by atoms with van der Waals surface area (Å²) in [7, 11) is 0. The summed E-state index contributed by atoms with van der Waals surface area (Å²) in [5.41, 5.74) is 2.65. The third kappa shape index (κ3) is 4.75. The van der Waals surface area contributed by atoms with Gasteiger partial charge in [0.15, 0.2) is 0 Å². The topological polar surface area (TPSA) is 70.1 Å². The second-order valence-corrected chi connectivity index (χ2v) is 7.26. The van der Waals surface area contributed by atoms with Crippen LogP contribution in [0.3, 0.4) is 0 Å². The van der Waals surface area contributed by atoms with E-state index in [0.29, 0.717) is 0 Å². The Bertz CT molecular complexity index is 661. The van der Waals surface area contributed by atoms with Gasteiger partial charge < -0.3 is 19.6 Å². The summed E-state index contributed by atoms with van der Waals surface area (Å²) in [6, 6.07) is 6.51. The Hall–Kier alpha value is -2.08. The molecule has 1 saturated heterocycles. The number of amides is 1. The number of nitrogens with zero attached hydrogens (tertiary/aromatic N) is 2. The molecule has 1 N–H and O–H groups in total. The van der Waals surface area contributed by atoms with Crippen LogP contribution in [0.25, 0.3) is 0 Å². The van der Waals surface area contributed by atoms with Crippen LogP contribution in [-0.2, 0) is 22.4 Å². The first-order valence-corrected chi connectivity index (χ1v) is 9.49. The molecule has 0 bridgehead atoms. The summed E-state index contributed by atoms with van der Waals surface area (Å²) in [4.78, 5) is 26.8. The predicted molar refractivity (Wildman–Crippen MR) is 98.4 cm³/mol. The molecule has 2 aliphatic rings. The molecule has 0 aliphatic carbocycles. The van der Waals surface area contributed by atoms with E-state index in [2.05, 4.69) is 23.1 Å². The van der Waals surface area contributed by atoms with Gasteiger partial charge in [-0.05, 0) is 49.4 Å². The van der Waals surface area contributed by atoms with Crippen molar-refractivity contribution in [2.45, 2.75) is 45.1 Å². The standard InChI is InChI=1S/C20H28N2O4/c1-15(23)22(14-20(24)25)18-3-2-9-21(11-7-18)10-6-16-4-5-19-17(13-16)8-12-26-19/h4-5,13,18H,2-3,6-12,14H2,1H3,(H,24,25). The first-order chi connectivity index (χ1) is 12.5. The Labute approximate surface area is 154 Å². The number of aliphatic carboxylic acids is 1. The lowest BCUT2D eigenvalue weighted by Crippen LogP contribution is -2.42. The van der Waals surface area contributed by atoms with Crippen molar-refractivity contribution in [3.63, 3.8) is 0 Å². The zero-order valence-electron chi connectivity index (χ0n) is 15.4. The van der Waals surface area contributed by atoms with Gasteiger partial charge in [-0.2, -0.15) is 0 Å². The molecule has 1 unspecified atom stereocenters. The smallest absolute Gasteiger partial charge is 0.323 e. The van der Waals surface area contributed by atoms with Crippen molar-refractivity contribution in [2.24, 2.45) is 0 Å². The Morgan fingerprint density at radius 2 is 2.15 bits per heavy atom. The van der Waals surface area contributed by atoms with Crippen LogP contribution in [0.1, 0.15) is 37.3 Å². The molecule has 6 heteroatoms. The highest BCUT2D eigenvalue weighted by Gasteiger charge is 2.26. The van der Waals surface area contributed by atoms with Crippen LogP contribution in [0.4, 0.5) is 0 Å². The first-order valence-electron chi connectivity index (χ1n) is 9.49. The van der Waals surface area contributed by atoms with Crippen LogP contribution >= 0.6 is 0 Å². The number of carboxylic acids is 1. The minimum absolute atomic E-state index is 0.0331. The van der Waals surface area contributed by atoms with Gasteiger partial charge in [0, 0.05) is 32.5 Å². The molecular formula is C20H28N2O4. The average molecular weight is 360 g/mol. The SMILES string of the molecule is CC(=O)N(CC(=O)O)C1CCCN(CCc2ccc3c(c2)CCO3)CC1. The summed E-state index contributed by atoms with van der Waals surface area (Å²) in [5, 5.41) is 9.05. The van der Waals surface area contributed by atoms with Crippen molar-refractivity contribution < 1.29 is 19.4 Å². The third-order valence-electron chi connectivity index (χ3n) is 5.41. The molecule has 2 aliphatic heterocycles. The van der Waals surface area contributed by atoms with Crippen LogP contribution in [0.15, 0.2) is 18.2 Å². The Kier molecular flexibility index (Phi) is 6.14. The molecule has 0 spiro atoms. The van der Waals surface area contributed by atoms with Crippen LogP contribution < -0.4 is 4.74 Å². The monoisotopic (exact) mass is 360 g/mol. The Morgan fingerprint density at radius 3 is 2.92 bits per heavy atom. The number of rotatable bonds is 6. The minimum Gasteiger partial charge on any atom is -0.493 e. The molecule has 1 aromatic rings. The van der Waals surface area contributed by atoms with Crippen molar-refractivity contribution in [3.8, 4) is 5.75 Å². The molecule has 1 atom stereocenters. The van der Waals surface area contributed by atoms with Crippen molar-refractivity contribution in [2.75, 3.05) is 32.8 Å². The van der Waals surface area contributed by atoms with E-state index in [1.54, 1.807) is 0 Å². The number of carbonyl (C=O) groups is 2. The summed E-state index contributed by atoms with van der Waals surface area (Å²) < 4.78 is 5.56. The molecule has 1 fully saturated rings. The van der Waals surface area contributed by atoms with Gasteiger partial charge in [0.2, 0.25) is 5.91 Å². The maximum absolute atomic E-state index is 11.8. The molecule has 0 saturated carbocycles. The second kappa shape index (κ2) is 8.54. The van der Waals surface area contributed by atoms with E-state index < -0.39 is 5.97 Å². The maximum atomic E-state index is 11.8. The van der Waals surface area contributed by atoms with Gasteiger partial charge in [0.25, 0.3) is 0 Å². The molecule has 3 rings (SSSR count). The van der Waals surface area contributed by atoms with Crippen molar-refractivity contribution in [1.29, 1.82) is 0 Å². The number of benzene rings is 1. The zero-order valence-corrected chi connectivity index (χ0v) is 15.4. The third-order valence-corrected chi connectivity index (χ3v) is 5.41. The average Bonchev–Trinajstić information content (AvgIpc) is 2.94. The highest BCUT2D eigenvalue weighted by molar-refractivity contribution is 5.79. The number of carboxylic acid groups (broad SMARTS) is 1. The maximum Gasteiger partial charge on any atom is 0.323 e. The summed E-state index contributed by atoms with van der Waals surface area (Å²) >= 11 is 0. The van der Waals surface area contributed by atoms with Crippen molar-refractivity contribution >= 4 is 11.9 Å². The summed E-state index contributed by atoms with van der Waals surface area (Å²) in [6.45, 7) is 4.95. The predicted octanol–water partition coefficient (Wildman–Crippen LogP) is 1.95. The van der Waals surface area contributed by atoms with E-state index in [0.717, 1.165) is 64.1 Å². The minimum atomic E-state index is -0.943. The highest BCUT2D eigenvalue weighted by Crippen LogP contribution is 2.26. The molecule has 1 amide bonds. The van der Waals surface area contributed by atoms with Gasteiger partial charge in [0.1, 0.15) is 12.3 Å². The normalized spacial score (nSPS) is 20.1. The quantitative estimate of drug-likeness (QED) is 0.840. The van der Waals surface area contributed by atoms with E-state index in [4.69, 9.17) is 9.84 Å². The fourth-order valence-electron chi connectivity index (χ4n) is 4.00. The molecule has 0 aromatic heterocycles. The van der Waals surface area contributed by atoms with Gasteiger partial charge in [-0.25, -0.2) is 0 Å². The van der Waals surface area contributed by atoms with E-state index in [9.17, 15) is 9.59 Å². The summed E-state index contributed by atoms with van der Waals surface area (Å²) in [5.74, 6) is -0.0674. The lowest BCUT2D eigenvalue weighted by molar-refractivity contribution is -0.145. The van der Waals surface area contributed by atoms with Gasteiger partial charge in [0.05, 0.1) is 6.61 Å². The number of carbonyl (C=O) groups excluding carboxylic acids is 1. The molecule has 6 nitrogen and oxygen atoms in total. The van der Waals surface area contributed by atoms with Crippen molar-refractivity contribution in [3.05, 3.63) is 29.3 Å². The lowest BCUT2D eigenvalue weighted by Gasteiger charge is -2.29. The van der Waals surface area contributed by atoms with E-state index in [-0.39, 0.29) is 18.5 Å². The molecule has 142 valence electrons. The molecule has 2 heterocycles. The highest BCUT2D eigenvalue weighted by atomic mass is 16.5. The van der Waals surface area contributed by atoms with Crippen molar-refractivity contribution in [1.82, 2.24) is 9.80 Å². The number of fused-ring (bicyclic) bond motifs is 1. The molecule has 0 radical (unpaired) electrons.